The smallest absolute Gasteiger partial charge is 0.222 e. The van der Waals surface area contributed by atoms with E-state index in [0.717, 1.165) is 16.3 Å². The van der Waals surface area contributed by atoms with Crippen molar-refractivity contribution in [3.05, 3.63) is 23.8 Å². The van der Waals surface area contributed by atoms with E-state index in [9.17, 15) is 10.1 Å². The van der Waals surface area contributed by atoms with Crippen molar-refractivity contribution in [1.82, 2.24) is 5.32 Å². The lowest BCUT2D eigenvalue weighted by Crippen LogP contribution is -2.41. The summed E-state index contributed by atoms with van der Waals surface area (Å²) in [6.45, 7) is 8.44. The van der Waals surface area contributed by atoms with Crippen LogP contribution in [0.3, 0.4) is 0 Å². The molecule has 0 bridgehead atoms. The van der Waals surface area contributed by atoms with Crippen LogP contribution in [0.15, 0.2) is 23.1 Å². The Morgan fingerprint density at radius 1 is 1.38 bits per heavy atom. The first-order valence-corrected chi connectivity index (χ1v) is 8.06. The van der Waals surface area contributed by atoms with E-state index in [0.29, 0.717) is 18.5 Å². The number of hydrogen-bond donors (Lipinski definition) is 2. The molecular weight excluding hydrogens is 282 g/mol. The minimum absolute atomic E-state index is 0.00703. The zero-order chi connectivity index (χ0) is 15.9. The van der Waals surface area contributed by atoms with Gasteiger partial charge in [-0.25, -0.2) is 0 Å². The number of hydrogen-bond acceptors (Lipinski definition) is 4. The second-order valence-electron chi connectivity index (χ2n) is 5.70. The van der Waals surface area contributed by atoms with Gasteiger partial charge in [-0.3, -0.25) is 4.79 Å². The Kier molecular flexibility index (Phi) is 6.57. The van der Waals surface area contributed by atoms with Gasteiger partial charge in [0.05, 0.1) is 11.3 Å². The largest absolute Gasteiger partial charge is 0.383 e. The maximum absolute atomic E-state index is 11.8. The molecule has 0 aliphatic heterocycles. The van der Waals surface area contributed by atoms with Gasteiger partial charge in [-0.2, -0.15) is 5.26 Å². The minimum Gasteiger partial charge on any atom is -0.383 e. The number of nitrogens with zero attached hydrogens (tertiary/aromatic N) is 1. The second kappa shape index (κ2) is 7.94. The number of anilines is 1. The first kappa shape index (κ1) is 17.4. The van der Waals surface area contributed by atoms with Crippen molar-refractivity contribution in [2.75, 3.05) is 17.6 Å². The van der Waals surface area contributed by atoms with Crippen LogP contribution in [-0.4, -0.2) is 23.7 Å². The molecule has 1 aromatic carbocycles. The molecule has 5 heteroatoms. The van der Waals surface area contributed by atoms with Crippen molar-refractivity contribution in [3.8, 4) is 6.07 Å². The Labute approximate surface area is 131 Å². The highest BCUT2D eigenvalue weighted by Crippen LogP contribution is 2.27. The van der Waals surface area contributed by atoms with Gasteiger partial charge in [0.25, 0.3) is 0 Å². The summed E-state index contributed by atoms with van der Waals surface area (Å²) >= 11 is 1.65. The van der Waals surface area contributed by atoms with Crippen molar-refractivity contribution >= 4 is 23.4 Å². The molecule has 1 amide bonds. The third kappa shape index (κ3) is 6.09. The highest BCUT2D eigenvalue weighted by atomic mass is 32.2. The number of amides is 1. The number of nitrogens with one attached hydrogen (secondary N) is 2. The van der Waals surface area contributed by atoms with E-state index in [1.54, 1.807) is 11.8 Å². The number of rotatable bonds is 6. The topological polar surface area (TPSA) is 64.9 Å². The van der Waals surface area contributed by atoms with Crippen LogP contribution in [0, 0.1) is 11.3 Å². The first-order chi connectivity index (χ1) is 9.87. The lowest BCUT2D eigenvalue weighted by atomic mass is 10.1. The van der Waals surface area contributed by atoms with E-state index in [-0.39, 0.29) is 11.4 Å². The fourth-order valence-corrected chi connectivity index (χ4v) is 2.65. The molecule has 0 saturated carbocycles. The Bertz CT molecular complexity index is 529. The predicted octanol–water partition coefficient (Wildman–Crippen LogP) is 3.39. The van der Waals surface area contributed by atoms with E-state index >= 15 is 0 Å². The van der Waals surface area contributed by atoms with Crippen molar-refractivity contribution in [2.24, 2.45) is 0 Å². The average molecular weight is 305 g/mol. The number of thioether (sulfide) groups is 1. The summed E-state index contributed by atoms with van der Waals surface area (Å²) in [5.74, 6) is 0.930. The standard InChI is InChI=1S/C16H23N3OS/c1-5-21-14-8-6-7-13(12(14)11-17)18-10-9-15(20)19-16(2,3)4/h6-8,18H,5,9-10H2,1-4H3,(H,19,20). The van der Waals surface area contributed by atoms with E-state index in [2.05, 4.69) is 23.6 Å². The number of benzene rings is 1. The van der Waals surface area contributed by atoms with Crippen molar-refractivity contribution < 1.29 is 4.79 Å². The van der Waals surface area contributed by atoms with Gasteiger partial charge in [0.2, 0.25) is 5.91 Å². The molecule has 0 aromatic heterocycles. The molecule has 0 fully saturated rings. The zero-order valence-electron chi connectivity index (χ0n) is 13.1. The van der Waals surface area contributed by atoms with Crippen LogP contribution < -0.4 is 10.6 Å². The van der Waals surface area contributed by atoms with Gasteiger partial charge in [0.1, 0.15) is 6.07 Å². The Balaban J connectivity index is 2.62. The summed E-state index contributed by atoms with van der Waals surface area (Å²) in [6, 6.07) is 7.99. The van der Waals surface area contributed by atoms with Gasteiger partial charge in [0.15, 0.2) is 0 Å². The van der Waals surface area contributed by atoms with Crippen LogP contribution in [0.4, 0.5) is 5.69 Å². The number of nitriles is 1. The lowest BCUT2D eigenvalue weighted by molar-refractivity contribution is -0.122. The second-order valence-corrected chi connectivity index (χ2v) is 7.00. The monoisotopic (exact) mass is 305 g/mol. The molecule has 0 atom stereocenters. The molecular formula is C16H23N3OS. The van der Waals surface area contributed by atoms with Gasteiger partial charge in [-0.15, -0.1) is 11.8 Å². The Morgan fingerprint density at radius 2 is 2.10 bits per heavy atom. The third-order valence-electron chi connectivity index (χ3n) is 2.62. The van der Waals surface area contributed by atoms with E-state index < -0.39 is 0 Å². The fraction of sp³-hybridized carbons (Fsp3) is 0.500. The molecule has 0 radical (unpaired) electrons. The van der Waals surface area contributed by atoms with Crippen LogP contribution in [0.1, 0.15) is 39.7 Å². The van der Waals surface area contributed by atoms with Crippen LogP contribution >= 0.6 is 11.8 Å². The van der Waals surface area contributed by atoms with E-state index in [1.807, 2.05) is 39.0 Å². The average Bonchev–Trinajstić information content (AvgIpc) is 2.37. The van der Waals surface area contributed by atoms with Gasteiger partial charge in [0, 0.05) is 23.4 Å². The normalized spacial score (nSPS) is 10.8. The molecule has 0 unspecified atom stereocenters. The van der Waals surface area contributed by atoms with Crippen molar-refractivity contribution in [3.63, 3.8) is 0 Å². The third-order valence-corrected chi connectivity index (χ3v) is 3.56. The SMILES string of the molecule is CCSc1cccc(NCCC(=O)NC(C)(C)C)c1C#N. The molecule has 0 spiro atoms. The van der Waals surface area contributed by atoms with Gasteiger partial charge in [-0.05, 0) is 38.7 Å². The van der Waals surface area contributed by atoms with Gasteiger partial charge in [-0.1, -0.05) is 13.0 Å². The first-order valence-electron chi connectivity index (χ1n) is 7.08. The summed E-state index contributed by atoms with van der Waals surface area (Å²) in [6.07, 6.45) is 0.382. The molecule has 114 valence electrons. The molecule has 1 aromatic rings. The van der Waals surface area contributed by atoms with Crippen LogP contribution in [-0.2, 0) is 4.79 Å². The Hall–Kier alpha value is -1.67. The molecule has 0 heterocycles. The lowest BCUT2D eigenvalue weighted by Gasteiger charge is -2.20. The Morgan fingerprint density at radius 3 is 2.67 bits per heavy atom. The molecule has 4 nitrogen and oxygen atoms in total. The molecule has 1 rings (SSSR count). The van der Waals surface area contributed by atoms with E-state index in [1.165, 1.54) is 0 Å². The predicted molar refractivity (Wildman–Crippen MR) is 88.6 cm³/mol. The minimum atomic E-state index is -0.216. The number of carbonyl (C=O) groups excluding carboxylic acids is 1. The maximum Gasteiger partial charge on any atom is 0.222 e. The molecule has 21 heavy (non-hydrogen) atoms. The maximum atomic E-state index is 11.8. The van der Waals surface area contributed by atoms with Gasteiger partial charge < -0.3 is 10.6 Å². The summed E-state index contributed by atoms with van der Waals surface area (Å²) < 4.78 is 0. The van der Waals surface area contributed by atoms with Crippen LogP contribution in [0.25, 0.3) is 0 Å². The summed E-state index contributed by atoms with van der Waals surface area (Å²) in [5.41, 5.74) is 1.23. The molecule has 2 N–H and O–H groups in total. The van der Waals surface area contributed by atoms with Crippen molar-refractivity contribution in [1.29, 1.82) is 5.26 Å². The summed E-state index contributed by atoms with van der Waals surface area (Å²) in [5, 5.41) is 15.4. The van der Waals surface area contributed by atoms with Crippen LogP contribution in [0.5, 0.6) is 0 Å². The zero-order valence-corrected chi connectivity index (χ0v) is 13.9. The highest BCUT2D eigenvalue weighted by Gasteiger charge is 2.13. The molecule has 0 aliphatic rings. The quantitative estimate of drug-likeness (QED) is 0.791. The fourth-order valence-electron chi connectivity index (χ4n) is 1.86. The van der Waals surface area contributed by atoms with Gasteiger partial charge >= 0.3 is 0 Å². The van der Waals surface area contributed by atoms with Crippen molar-refractivity contribution in [2.45, 2.75) is 44.6 Å². The molecule has 0 aliphatic carbocycles. The molecule has 0 saturated heterocycles. The summed E-state index contributed by atoms with van der Waals surface area (Å²) in [7, 11) is 0. The highest BCUT2D eigenvalue weighted by molar-refractivity contribution is 7.99. The summed E-state index contributed by atoms with van der Waals surface area (Å²) in [4.78, 5) is 12.7. The van der Waals surface area contributed by atoms with E-state index in [4.69, 9.17) is 0 Å². The number of carbonyl (C=O) groups is 1. The van der Waals surface area contributed by atoms with Crippen LogP contribution in [0.2, 0.25) is 0 Å².